The summed E-state index contributed by atoms with van der Waals surface area (Å²) in [5.74, 6) is 0.939. The molecule has 0 aromatic heterocycles. The highest BCUT2D eigenvalue weighted by atomic mass is 32.2. The van der Waals surface area contributed by atoms with E-state index in [-0.39, 0.29) is 11.8 Å². The summed E-state index contributed by atoms with van der Waals surface area (Å²) in [6.07, 6.45) is 2.12. The van der Waals surface area contributed by atoms with Crippen molar-refractivity contribution in [2.45, 2.75) is 24.6 Å². The molecule has 1 aliphatic carbocycles. The van der Waals surface area contributed by atoms with Crippen LogP contribution in [0.1, 0.15) is 18.4 Å². The third-order valence-electron chi connectivity index (χ3n) is 4.46. The molecule has 4 nitrogen and oxygen atoms in total. The van der Waals surface area contributed by atoms with Gasteiger partial charge in [-0.1, -0.05) is 30.3 Å². The van der Waals surface area contributed by atoms with Crippen molar-refractivity contribution in [2.24, 2.45) is 17.6 Å². The maximum atomic E-state index is 12.4. The second kappa shape index (κ2) is 4.89. The first-order valence-electron chi connectivity index (χ1n) is 6.83. The van der Waals surface area contributed by atoms with Gasteiger partial charge in [-0.25, -0.2) is 12.7 Å². The maximum Gasteiger partial charge on any atom is 0.218 e. The minimum Gasteiger partial charge on any atom is -0.327 e. The normalized spacial score (nSPS) is 31.5. The number of hydrogen-bond acceptors (Lipinski definition) is 3. The molecular formula is C14H20N2O2S. The van der Waals surface area contributed by atoms with Gasteiger partial charge in [-0.2, -0.15) is 0 Å². The predicted molar refractivity (Wildman–Crippen MR) is 74.8 cm³/mol. The fourth-order valence-electron chi connectivity index (χ4n) is 3.37. The number of nitrogens with two attached hydrogens (primary N) is 1. The monoisotopic (exact) mass is 280 g/mol. The SMILES string of the molecule is NC1CCC2CN(S(=O)(=O)Cc3ccccc3)CC12. The van der Waals surface area contributed by atoms with Gasteiger partial charge in [0.1, 0.15) is 0 Å². The van der Waals surface area contributed by atoms with Gasteiger partial charge in [0, 0.05) is 19.1 Å². The average molecular weight is 280 g/mol. The Morgan fingerprint density at radius 2 is 1.89 bits per heavy atom. The first-order chi connectivity index (χ1) is 9.06. The van der Waals surface area contributed by atoms with Crippen LogP contribution in [0.25, 0.3) is 0 Å². The van der Waals surface area contributed by atoms with Gasteiger partial charge in [-0.05, 0) is 30.2 Å². The molecule has 1 aromatic carbocycles. The van der Waals surface area contributed by atoms with Gasteiger partial charge in [0.15, 0.2) is 0 Å². The van der Waals surface area contributed by atoms with Crippen molar-refractivity contribution in [3.63, 3.8) is 0 Å². The Hall–Kier alpha value is -0.910. The highest BCUT2D eigenvalue weighted by molar-refractivity contribution is 7.88. The molecule has 1 heterocycles. The zero-order valence-electron chi connectivity index (χ0n) is 10.9. The van der Waals surface area contributed by atoms with Crippen molar-refractivity contribution in [3.8, 4) is 0 Å². The van der Waals surface area contributed by atoms with Gasteiger partial charge < -0.3 is 5.73 Å². The molecule has 104 valence electrons. The Bertz CT molecular complexity index is 544. The van der Waals surface area contributed by atoms with Gasteiger partial charge in [0.2, 0.25) is 10.0 Å². The third kappa shape index (κ3) is 2.55. The number of hydrogen-bond donors (Lipinski definition) is 1. The van der Waals surface area contributed by atoms with Crippen LogP contribution < -0.4 is 5.73 Å². The lowest BCUT2D eigenvalue weighted by Gasteiger charge is -2.18. The van der Waals surface area contributed by atoms with Crippen molar-refractivity contribution in [2.75, 3.05) is 13.1 Å². The summed E-state index contributed by atoms with van der Waals surface area (Å²) in [7, 11) is -3.20. The maximum absolute atomic E-state index is 12.4. The highest BCUT2D eigenvalue weighted by Crippen LogP contribution is 2.38. The highest BCUT2D eigenvalue weighted by Gasteiger charge is 2.44. The molecule has 0 amide bonds. The summed E-state index contributed by atoms with van der Waals surface area (Å²) in [4.78, 5) is 0. The Balaban J connectivity index is 1.72. The second-order valence-electron chi connectivity index (χ2n) is 5.72. The van der Waals surface area contributed by atoms with E-state index in [1.807, 2.05) is 30.3 Å². The van der Waals surface area contributed by atoms with Crippen LogP contribution in [0.4, 0.5) is 0 Å². The van der Waals surface area contributed by atoms with Crippen LogP contribution in [0.2, 0.25) is 0 Å². The van der Waals surface area contributed by atoms with Crippen molar-refractivity contribution < 1.29 is 8.42 Å². The molecule has 1 aliphatic heterocycles. The van der Waals surface area contributed by atoms with E-state index in [2.05, 4.69) is 0 Å². The topological polar surface area (TPSA) is 63.4 Å². The Kier molecular flexibility index (Phi) is 3.37. The minimum atomic E-state index is -3.20. The molecule has 3 rings (SSSR count). The summed E-state index contributed by atoms with van der Waals surface area (Å²) < 4.78 is 26.5. The minimum absolute atomic E-state index is 0.0997. The second-order valence-corrected chi connectivity index (χ2v) is 7.69. The van der Waals surface area contributed by atoms with Gasteiger partial charge in [-0.3, -0.25) is 0 Å². The van der Waals surface area contributed by atoms with Gasteiger partial charge in [0.05, 0.1) is 5.75 Å². The van der Waals surface area contributed by atoms with E-state index in [9.17, 15) is 8.42 Å². The van der Waals surface area contributed by atoms with Crippen LogP contribution in [-0.2, 0) is 15.8 Å². The molecule has 19 heavy (non-hydrogen) atoms. The van der Waals surface area contributed by atoms with Crippen LogP contribution in [0.5, 0.6) is 0 Å². The summed E-state index contributed by atoms with van der Waals surface area (Å²) >= 11 is 0. The standard InChI is InChI=1S/C14H20N2O2S/c15-14-7-6-12-8-16(9-13(12)14)19(17,18)10-11-4-2-1-3-5-11/h1-5,12-14H,6-10,15H2. The van der Waals surface area contributed by atoms with E-state index in [0.29, 0.717) is 24.9 Å². The van der Waals surface area contributed by atoms with Crippen LogP contribution in [-0.4, -0.2) is 31.9 Å². The van der Waals surface area contributed by atoms with Crippen LogP contribution in [0, 0.1) is 11.8 Å². The molecule has 2 N–H and O–H groups in total. The molecule has 3 atom stereocenters. The molecular weight excluding hydrogens is 260 g/mol. The summed E-state index contributed by atoms with van der Waals surface area (Å²) in [6, 6.07) is 9.55. The predicted octanol–water partition coefficient (Wildman–Crippen LogP) is 1.19. The van der Waals surface area contributed by atoms with E-state index in [1.54, 1.807) is 4.31 Å². The Labute approximate surface area is 114 Å². The number of fused-ring (bicyclic) bond motifs is 1. The first kappa shape index (κ1) is 13.1. The van der Waals surface area contributed by atoms with E-state index >= 15 is 0 Å². The summed E-state index contributed by atoms with van der Waals surface area (Å²) in [5.41, 5.74) is 6.91. The van der Waals surface area contributed by atoms with E-state index in [0.717, 1.165) is 18.4 Å². The van der Waals surface area contributed by atoms with Gasteiger partial charge in [0.25, 0.3) is 0 Å². The van der Waals surface area contributed by atoms with E-state index in [4.69, 9.17) is 5.73 Å². The molecule has 0 radical (unpaired) electrons. The molecule has 1 aromatic rings. The van der Waals surface area contributed by atoms with Crippen molar-refractivity contribution >= 4 is 10.0 Å². The lowest BCUT2D eigenvalue weighted by atomic mass is 9.98. The zero-order chi connectivity index (χ0) is 13.5. The molecule has 0 spiro atoms. The summed E-state index contributed by atoms with van der Waals surface area (Å²) in [6.45, 7) is 1.27. The lowest BCUT2D eigenvalue weighted by Crippen LogP contribution is -2.34. The number of nitrogens with zero attached hydrogens (tertiary/aromatic N) is 1. The zero-order valence-corrected chi connectivity index (χ0v) is 11.7. The van der Waals surface area contributed by atoms with Gasteiger partial charge >= 0.3 is 0 Å². The van der Waals surface area contributed by atoms with E-state index in [1.165, 1.54) is 0 Å². The Morgan fingerprint density at radius 1 is 1.16 bits per heavy atom. The molecule has 2 fully saturated rings. The number of benzene rings is 1. The van der Waals surface area contributed by atoms with Crippen LogP contribution >= 0.6 is 0 Å². The molecule has 3 unspecified atom stereocenters. The molecule has 0 bridgehead atoms. The van der Waals surface area contributed by atoms with Crippen molar-refractivity contribution in [3.05, 3.63) is 35.9 Å². The van der Waals surface area contributed by atoms with Crippen molar-refractivity contribution in [1.29, 1.82) is 0 Å². The lowest BCUT2D eigenvalue weighted by molar-refractivity contribution is 0.426. The molecule has 2 aliphatic rings. The fourth-order valence-corrected chi connectivity index (χ4v) is 4.98. The summed E-state index contributed by atoms with van der Waals surface area (Å²) in [5, 5.41) is 0. The quantitative estimate of drug-likeness (QED) is 0.904. The number of rotatable bonds is 3. The molecule has 1 saturated carbocycles. The fraction of sp³-hybridized carbons (Fsp3) is 0.571. The smallest absolute Gasteiger partial charge is 0.218 e. The average Bonchev–Trinajstić information content (AvgIpc) is 2.93. The van der Waals surface area contributed by atoms with Crippen LogP contribution in [0.15, 0.2) is 30.3 Å². The third-order valence-corrected chi connectivity index (χ3v) is 6.25. The molecule has 1 saturated heterocycles. The van der Waals surface area contributed by atoms with Crippen LogP contribution in [0.3, 0.4) is 0 Å². The number of sulfonamides is 1. The molecule has 5 heteroatoms. The Morgan fingerprint density at radius 3 is 2.58 bits per heavy atom. The largest absolute Gasteiger partial charge is 0.327 e. The van der Waals surface area contributed by atoms with E-state index < -0.39 is 10.0 Å². The van der Waals surface area contributed by atoms with Gasteiger partial charge in [-0.15, -0.1) is 0 Å². The van der Waals surface area contributed by atoms with Crippen molar-refractivity contribution in [1.82, 2.24) is 4.31 Å². The first-order valence-corrected chi connectivity index (χ1v) is 8.44.